The molecular formula is C10H9N3O4. The first-order chi connectivity index (χ1) is 8.16. The molecule has 1 heterocycles. The van der Waals surface area contributed by atoms with Crippen LogP contribution in [0.3, 0.4) is 0 Å². The Bertz CT molecular complexity index is 486. The second-order valence-corrected chi connectivity index (χ2v) is 3.33. The standard InChI is InChI=1S/C10H9N3O4/c14-10-12(4-5-17-10)11-7-8-2-1-3-9(6-8)13(15)16/h1-3,6-7H,4-5H2/b11-7+. The minimum Gasteiger partial charge on any atom is -0.446 e. The van der Waals surface area contributed by atoms with Crippen LogP contribution in [0.2, 0.25) is 0 Å². The van der Waals surface area contributed by atoms with Gasteiger partial charge >= 0.3 is 6.09 Å². The van der Waals surface area contributed by atoms with Gasteiger partial charge in [-0.3, -0.25) is 10.1 Å². The van der Waals surface area contributed by atoms with Crippen molar-refractivity contribution in [2.24, 2.45) is 5.10 Å². The van der Waals surface area contributed by atoms with Crippen LogP contribution in [0.25, 0.3) is 0 Å². The molecule has 0 bridgehead atoms. The maximum atomic E-state index is 11.1. The molecule has 2 rings (SSSR count). The highest BCUT2D eigenvalue weighted by molar-refractivity contribution is 5.82. The summed E-state index contributed by atoms with van der Waals surface area (Å²) in [5, 5.41) is 15.6. The van der Waals surface area contributed by atoms with Crippen LogP contribution >= 0.6 is 0 Å². The van der Waals surface area contributed by atoms with Crippen molar-refractivity contribution in [1.29, 1.82) is 0 Å². The number of non-ortho nitro benzene ring substituents is 1. The summed E-state index contributed by atoms with van der Waals surface area (Å²) in [6, 6.07) is 5.99. The highest BCUT2D eigenvalue weighted by Crippen LogP contribution is 2.12. The Morgan fingerprint density at radius 2 is 2.35 bits per heavy atom. The molecule has 17 heavy (non-hydrogen) atoms. The Morgan fingerprint density at radius 3 is 3.00 bits per heavy atom. The van der Waals surface area contributed by atoms with Gasteiger partial charge in [-0.1, -0.05) is 12.1 Å². The molecule has 7 nitrogen and oxygen atoms in total. The van der Waals surface area contributed by atoms with Crippen LogP contribution in [0.4, 0.5) is 10.5 Å². The van der Waals surface area contributed by atoms with Gasteiger partial charge in [-0.2, -0.15) is 10.1 Å². The third kappa shape index (κ3) is 2.57. The Hall–Kier alpha value is -2.44. The van der Waals surface area contributed by atoms with Crippen molar-refractivity contribution >= 4 is 18.0 Å². The van der Waals surface area contributed by atoms with Gasteiger partial charge in [0.05, 0.1) is 17.7 Å². The summed E-state index contributed by atoms with van der Waals surface area (Å²) < 4.78 is 4.68. The molecule has 0 unspecified atom stereocenters. The molecule has 88 valence electrons. The van der Waals surface area contributed by atoms with E-state index in [-0.39, 0.29) is 5.69 Å². The van der Waals surface area contributed by atoms with Gasteiger partial charge < -0.3 is 4.74 Å². The first kappa shape index (κ1) is 11.1. The van der Waals surface area contributed by atoms with Crippen LogP contribution in [-0.4, -0.2) is 35.4 Å². The third-order valence-electron chi connectivity index (χ3n) is 2.17. The lowest BCUT2D eigenvalue weighted by molar-refractivity contribution is -0.384. The molecule has 1 aliphatic rings. The van der Waals surface area contributed by atoms with Gasteiger partial charge in [-0.25, -0.2) is 4.79 Å². The number of nitro benzene ring substituents is 1. The van der Waals surface area contributed by atoms with E-state index in [9.17, 15) is 14.9 Å². The van der Waals surface area contributed by atoms with Crippen LogP contribution in [-0.2, 0) is 4.74 Å². The second-order valence-electron chi connectivity index (χ2n) is 3.33. The minimum absolute atomic E-state index is 0.0158. The lowest BCUT2D eigenvalue weighted by atomic mass is 10.2. The van der Waals surface area contributed by atoms with Gasteiger partial charge in [0.1, 0.15) is 6.61 Å². The molecule has 1 aromatic carbocycles. The van der Waals surface area contributed by atoms with E-state index in [0.717, 1.165) is 0 Å². The molecule has 0 radical (unpaired) electrons. The zero-order chi connectivity index (χ0) is 12.3. The molecule has 0 aliphatic carbocycles. The predicted octanol–water partition coefficient (Wildman–Crippen LogP) is 1.38. The average Bonchev–Trinajstić information content (AvgIpc) is 2.72. The van der Waals surface area contributed by atoms with Gasteiger partial charge in [-0.15, -0.1) is 0 Å². The number of benzene rings is 1. The molecule has 1 aliphatic heterocycles. The first-order valence-corrected chi connectivity index (χ1v) is 4.89. The number of hydrogen-bond donors (Lipinski definition) is 0. The molecule has 0 N–H and O–H groups in total. The molecule has 1 saturated heterocycles. The molecule has 0 aromatic heterocycles. The number of ether oxygens (including phenoxy) is 1. The number of hydrogen-bond acceptors (Lipinski definition) is 5. The fourth-order valence-corrected chi connectivity index (χ4v) is 1.35. The van der Waals surface area contributed by atoms with Crippen molar-refractivity contribution in [2.75, 3.05) is 13.2 Å². The fourth-order valence-electron chi connectivity index (χ4n) is 1.35. The van der Waals surface area contributed by atoms with Crippen LogP contribution in [0.5, 0.6) is 0 Å². The van der Waals surface area contributed by atoms with Crippen molar-refractivity contribution in [2.45, 2.75) is 0 Å². The van der Waals surface area contributed by atoms with E-state index in [1.807, 2.05) is 0 Å². The number of rotatable bonds is 3. The zero-order valence-electron chi connectivity index (χ0n) is 8.78. The van der Waals surface area contributed by atoms with E-state index in [1.165, 1.54) is 23.4 Å². The Labute approximate surface area is 96.4 Å². The van der Waals surface area contributed by atoms with Crippen molar-refractivity contribution < 1.29 is 14.5 Å². The number of carbonyl (C=O) groups is 1. The van der Waals surface area contributed by atoms with Crippen molar-refractivity contribution in [3.63, 3.8) is 0 Å². The van der Waals surface area contributed by atoms with E-state index >= 15 is 0 Å². The van der Waals surface area contributed by atoms with Crippen LogP contribution in [0.15, 0.2) is 29.4 Å². The van der Waals surface area contributed by atoms with Gasteiger partial charge in [-0.05, 0) is 0 Å². The SMILES string of the molecule is O=C1OCCN1/N=C/c1cccc([N+](=O)[O-])c1. The van der Waals surface area contributed by atoms with Gasteiger partial charge in [0.25, 0.3) is 5.69 Å². The topological polar surface area (TPSA) is 85.0 Å². The van der Waals surface area contributed by atoms with Gasteiger partial charge in [0, 0.05) is 17.7 Å². The third-order valence-corrected chi connectivity index (χ3v) is 2.17. The van der Waals surface area contributed by atoms with Gasteiger partial charge in [0.15, 0.2) is 0 Å². The maximum Gasteiger partial charge on any atom is 0.430 e. The molecule has 0 spiro atoms. The largest absolute Gasteiger partial charge is 0.446 e. The molecule has 0 saturated carbocycles. The number of hydrazone groups is 1. The number of nitrogens with zero attached hydrogens (tertiary/aromatic N) is 3. The molecule has 0 atom stereocenters. The summed E-state index contributed by atoms with van der Waals surface area (Å²) in [7, 11) is 0. The van der Waals surface area contributed by atoms with Crippen LogP contribution in [0, 0.1) is 10.1 Å². The van der Waals surface area contributed by atoms with Crippen LogP contribution in [0.1, 0.15) is 5.56 Å². The average molecular weight is 235 g/mol. The fraction of sp³-hybridized carbons (Fsp3) is 0.200. The lowest BCUT2D eigenvalue weighted by Crippen LogP contribution is -2.17. The molecule has 7 heteroatoms. The summed E-state index contributed by atoms with van der Waals surface area (Å²) in [5.41, 5.74) is 0.539. The molecule has 1 aromatic rings. The van der Waals surface area contributed by atoms with Crippen LogP contribution < -0.4 is 0 Å². The summed E-state index contributed by atoms with van der Waals surface area (Å²) in [6.07, 6.45) is 0.881. The summed E-state index contributed by atoms with van der Waals surface area (Å²) in [4.78, 5) is 21.1. The number of amides is 1. The molecular weight excluding hydrogens is 226 g/mol. The van der Waals surface area contributed by atoms with E-state index in [1.54, 1.807) is 12.1 Å². The van der Waals surface area contributed by atoms with Crippen molar-refractivity contribution in [1.82, 2.24) is 5.01 Å². The van der Waals surface area contributed by atoms with E-state index < -0.39 is 11.0 Å². The summed E-state index contributed by atoms with van der Waals surface area (Å²) in [6.45, 7) is 0.704. The van der Waals surface area contributed by atoms with Gasteiger partial charge in [0.2, 0.25) is 0 Å². The highest BCUT2D eigenvalue weighted by atomic mass is 16.6. The monoisotopic (exact) mass is 235 g/mol. The highest BCUT2D eigenvalue weighted by Gasteiger charge is 2.20. The lowest BCUT2D eigenvalue weighted by Gasteiger charge is -2.03. The number of carbonyl (C=O) groups excluding carboxylic acids is 1. The molecule has 1 amide bonds. The predicted molar refractivity (Wildman–Crippen MR) is 58.7 cm³/mol. The summed E-state index contributed by atoms with van der Waals surface area (Å²) >= 11 is 0. The Kier molecular flexibility index (Phi) is 2.99. The zero-order valence-corrected chi connectivity index (χ0v) is 8.78. The van der Waals surface area contributed by atoms with Crippen molar-refractivity contribution in [3.05, 3.63) is 39.9 Å². The quantitative estimate of drug-likeness (QED) is 0.450. The first-order valence-electron chi connectivity index (χ1n) is 4.89. The van der Waals surface area contributed by atoms with E-state index in [0.29, 0.717) is 18.7 Å². The maximum absolute atomic E-state index is 11.1. The summed E-state index contributed by atoms with van der Waals surface area (Å²) in [5.74, 6) is 0. The minimum atomic E-state index is -0.508. The second kappa shape index (κ2) is 4.60. The number of nitro groups is 1. The number of cyclic esters (lactones) is 1. The Morgan fingerprint density at radius 1 is 1.53 bits per heavy atom. The van der Waals surface area contributed by atoms with E-state index in [4.69, 9.17) is 0 Å². The smallest absolute Gasteiger partial charge is 0.430 e. The van der Waals surface area contributed by atoms with Crippen molar-refractivity contribution in [3.8, 4) is 0 Å². The molecule has 1 fully saturated rings. The Balaban J connectivity index is 2.12. The van der Waals surface area contributed by atoms with E-state index in [2.05, 4.69) is 9.84 Å². The normalized spacial score (nSPS) is 15.3.